The Morgan fingerprint density at radius 2 is 2.03 bits per heavy atom. The number of aryl methyl sites for hydroxylation is 2. The number of nitrogens with one attached hydrogen (secondary N) is 1. The van der Waals surface area contributed by atoms with Crippen molar-refractivity contribution in [1.82, 2.24) is 24.6 Å². The van der Waals surface area contributed by atoms with E-state index in [4.69, 9.17) is 0 Å². The van der Waals surface area contributed by atoms with Crippen LogP contribution in [-0.2, 0) is 4.79 Å². The summed E-state index contributed by atoms with van der Waals surface area (Å²) in [7, 11) is 0. The summed E-state index contributed by atoms with van der Waals surface area (Å²) in [5, 5.41) is 10.2. The van der Waals surface area contributed by atoms with Gasteiger partial charge < -0.3 is 10.2 Å². The number of nitrogens with zero attached hydrogens (tertiary/aromatic N) is 5. The number of amides is 2. The number of aromatic nitrogens is 4. The van der Waals surface area contributed by atoms with Gasteiger partial charge in [-0.15, -0.1) is 11.3 Å². The summed E-state index contributed by atoms with van der Waals surface area (Å²) in [6, 6.07) is 5.56. The molecular weight excluding hydrogens is 424 g/mol. The molecule has 0 spiro atoms. The quantitative estimate of drug-likeness (QED) is 0.608. The van der Waals surface area contributed by atoms with Gasteiger partial charge in [0.2, 0.25) is 5.91 Å². The first kappa shape index (κ1) is 22.1. The number of thiazole rings is 1. The Morgan fingerprint density at radius 3 is 2.72 bits per heavy atom. The molecule has 8 nitrogen and oxygen atoms in total. The van der Waals surface area contributed by atoms with Gasteiger partial charge in [0.25, 0.3) is 5.91 Å². The maximum Gasteiger partial charge on any atom is 0.275 e. The SMILES string of the molecule is CCCC(=O)N1CCC(c2nc(C(=O)Nc3cccnc3-n3nc(C)cc3C)cs2)CC1. The maximum absolute atomic E-state index is 12.9. The fraction of sp³-hybridized carbons (Fsp3) is 0.435. The van der Waals surface area contributed by atoms with Crippen LogP contribution in [-0.4, -0.2) is 49.6 Å². The van der Waals surface area contributed by atoms with Crippen LogP contribution >= 0.6 is 11.3 Å². The van der Waals surface area contributed by atoms with Gasteiger partial charge in [0.1, 0.15) is 5.69 Å². The van der Waals surface area contributed by atoms with Crippen LogP contribution in [0.25, 0.3) is 5.82 Å². The summed E-state index contributed by atoms with van der Waals surface area (Å²) < 4.78 is 1.73. The summed E-state index contributed by atoms with van der Waals surface area (Å²) in [4.78, 5) is 36.0. The van der Waals surface area contributed by atoms with Crippen molar-refractivity contribution in [3.8, 4) is 5.82 Å². The molecule has 0 saturated carbocycles. The van der Waals surface area contributed by atoms with Gasteiger partial charge in [-0.05, 0) is 51.3 Å². The van der Waals surface area contributed by atoms with Crippen molar-refractivity contribution in [3.63, 3.8) is 0 Å². The molecule has 2 amide bonds. The molecule has 0 unspecified atom stereocenters. The number of piperidine rings is 1. The van der Waals surface area contributed by atoms with E-state index < -0.39 is 0 Å². The van der Waals surface area contributed by atoms with E-state index in [1.807, 2.05) is 37.8 Å². The van der Waals surface area contributed by atoms with Crippen LogP contribution in [0.4, 0.5) is 5.69 Å². The predicted octanol–water partition coefficient (Wildman–Crippen LogP) is 4.10. The van der Waals surface area contributed by atoms with Crippen LogP contribution in [0.5, 0.6) is 0 Å². The Labute approximate surface area is 191 Å². The topological polar surface area (TPSA) is 93.0 Å². The molecule has 3 aromatic heterocycles. The summed E-state index contributed by atoms with van der Waals surface area (Å²) >= 11 is 1.51. The zero-order valence-electron chi connectivity index (χ0n) is 18.7. The largest absolute Gasteiger partial charge is 0.343 e. The highest BCUT2D eigenvalue weighted by Gasteiger charge is 2.26. The molecule has 1 saturated heterocycles. The van der Waals surface area contributed by atoms with Crippen LogP contribution < -0.4 is 5.32 Å². The van der Waals surface area contributed by atoms with Gasteiger partial charge in [0.05, 0.1) is 16.4 Å². The maximum atomic E-state index is 12.9. The van der Waals surface area contributed by atoms with Gasteiger partial charge in [0, 0.05) is 42.7 Å². The van der Waals surface area contributed by atoms with E-state index in [1.54, 1.807) is 22.3 Å². The molecule has 4 heterocycles. The van der Waals surface area contributed by atoms with Gasteiger partial charge in [-0.1, -0.05) is 6.92 Å². The average Bonchev–Trinajstić information content (AvgIpc) is 3.41. The second-order valence-corrected chi connectivity index (χ2v) is 9.03. The minimum atomic E-state index is -0.265. The molecule has 1 aliphatic rings. The van der Waals surface area contributed by atoms with Gasteiger partial charge in [-0.3, -0.25) is 9.59 Å². The monoisotopic (exact) mass is 452 g/mol. The number of hydrogen-bond donors (Lipinski definition) is 1. The van der Waals surface area contributed by atoms with Gasteiger partial charge >= 0.3 is 0 Å². The molecule has 0 aliphatic carbocycles. The molecule has 9 heteroatoms. The zero-order valence-corrected chi connectivity index (χ0v) is 19.5. The highest BCUT2D eigenvalue weighted by molar-refractivity contribution is 7.10. The molecule has 168 valence electrons. The number of anilines is 1. The minimum absolute atomic E-state index is 0.236. The van der Waals surface area contributed by atoms with Crippen molar-refractivity contribution in [2.45, 2.75) is 52.4 Å². The van der Waals surface area contributed by atoms with E-state index in [0.717, 1.165) is 48.7 Å². The lowest BCUT2D eigenvalue weighted by molar-refractivity contribution is -0.132. The third kappa shape index (κ3) is 4.72. The van der Waals surface area contributed by atoms with E-state index in [9.17, 15) is 9.59 Å². The summed E-state index contributed by atoms with van der Waals surface area (Å²) in [6.45, 7) is 7.41. The van der Waals surface area contributed by atoms with Crippen molar-refractivity contribution >= 4 is 28.8 Å². The Balaban J connectivity index is 1.44. The standard InChI is InChI=1S/C23H28N6O2S/c1-4-6-20(30)28-11-8-17(9-12-28)23-26-19(14-32-23)22(31)25-18-7-5-10-24-21(18)29-16(3)13-15(2)27-29/h5,7,10,13-14,17H,4,6,8-9,11-12H2,1-3H3,(H,25,31). The molecule has 0 bridgehead atoms. The number of carbonyl (C=O) groups excluding carboxylic acids is 2. The normalized spacial score (nSPS) is 14.5. The molecule has 1 aliphatic heterocycles. The Morgan fingerprint density at radius 1 is 1.25 bits per heavy atom. The number of rotatable bonds is 6. The molecule has 3 aromatic rings. The van der Waals surface area contributed by atoms with Crippen molar-refractivity contribution in [3.05, 3.63) is 51.9 Å². The summed E-state index contributed by atoms with van der Waals surface area (Å²) in [5.74, 6) is 0.834. The molecule has 0 radical (unpaired) electrons. The zero-order chi connectivity index (χ0) is 22.7. The third-order valence-corrected chi connectivity index (χ3v) is 6.67. The first-order valence-corrected chi connectivity index (χ1v) is 11.9. The second kappa shape index (κ2) is 9.60. The van der Waals surface area contributed by atoms with Crippen LogP contribution in [0.3, 0.4) is 0 Å². The lowest BCUT2D eigenvalue weighted by atomic mass is 9.97. The van der Waals surface area contributed by atoms with E-state index >= 15 is 0 Å². The molecule has 0 aromatic carbocycles. The van der Waals surface area contributed by atoms with Crippen molar-refractivity contribution in [2.75, 3.05) is 18.4 Å². The van der Waals surface area contributed by atoms with Gasteiger partial charge in [-0.25, -0.2) is 14.6 Å². The number of likely N-dealkylation sites (tertiary alicyclic amines) is 1. The van der Waals surface area contributed by atoms with E-state index in [-0.39, 0.29) is 17.7 Å². The molecule has 1 fully saturated rings. The van der Waals surface area contributed by atoms with Gasteiger partial charge in [-0.2, -0.15) is 5.10 Å². The fourth-order valence-electron chi connectivity index (χ4n) is 4.02. The lowest BCUT2D eigenvalue weighted by Gasteiger charge is -2.31. The van der Waals surface area contributed by atoms with E-state index in [1.165, 1.54) is 11.3 Å². The Hall–Kier alpha value is -3.07. The minimum Gasteiger partial charge on any atom is -0.343 e. The fourth-order valence-corrected chi connectivity index (χ4v) is 4.99. The number of hydrogen-bond acceptors (Lipinski definition) is 6. The van der Waals surface area contributed by atoms with Crippen molar-refractivity contribution < 1.29 is 9.59 Å². The van der Waals surface area contributed by atoms with Crippen molar-refractivity contribution in [1.29, 1.82) is 0 Å². The average molecular weight is 453 g/mol. The van der Waals surface area contributed by atoms with Crippen LogP contribution in [0, 0.1) is 13.8 Å². The lowest BCUT2D eigenvalue weighted by Crippen LogP contribution is -2.37. The molecule has 1 N–H and O–H groups in total. The van der Waals surface area contributed by atoms with Crippen LogP contribution in [0.2, 0.25) is 0 Å². The molecule has 0 atom stereocenters. The Kier molecular flexibility index (Phi) is 6.64. The summed E-state index contributed by atoms with van der Waals surface area (Å²) in [6.07, 6.45) is 4.94. The number of pyridine rings is 1. The second-order valence-electron chi connectivity index (χ2n) is 8.14. The van der Waals surface area contributed by atoms with E-state index in [2.05, 4.69) is 20.4 Å². The molecule has 32 heavy (non-hydrogen) atoms. The Bertz CT molecular complexity index is 1110. The van der Waals surface area contributed by atoms with Crippen molar-refractivity contribution in [2.24, 2.45) is 0 Å². The van der Waals surface area contributed by atoms with Gasteiger partial charge in [0.15, 0.2) is 5.82 Å². The number of carbonyl (C=O) groups is 2. The highest BCUT2D eigenvalue weighted by atomic mass is 32.1. The smallest absolute Gasteiger partial charge is 0.275 e. The van der Waals surface area contributed by atoms with Crippen LogP contribution in [0.1, 0.15) is 65.4 Å². The first-order valence-electron chi connectivity index (χ1n) is 11.0. The van der Waals surface area contributed by atoms with Crippen LogP contribution in [0.15, 0.2) is 29.8 Å². The molecule has 4 rings (SSSR count). The first-order chi connectivity index (χ1) is 15.5. The third-order valence-electron chi connectivity index (χ3n) is 5.66. The highest BCUT2D eigenvalue weighted by Crippen LogP contribution is 2.31. The molecular formula is C23H28N6O2S. The predicted molar refractivity (Wildman–Crippen MR) is 124 cm³/mol. The summed E-state index contributed by atoms with van der Waals surface area (Å²) in [5.41, 5.74) is 2.81. The van der Waals surface area contributed by atoms with E-state index in [0.29, 0.717) is 23.6 Å².